The van der Waals surface area contributed by atoms with Crippen LogP contribution in [0.1, 0.15) is 59.8 Å². The number of carbonyl (C=O) groups excluding carboxylic acids is 2. The molecule has 0 saturated carbocycles. The van der Waals surface area contributed by atoms with Gasteiger partial charge in [0.1, 0.15) is 5.00 Å². The van der Waals surface area contributed by atoms with Crippen LogP contribution in [0.2, 0.25) is 0 Å². The monoisotopic (exact) mass is 405 g/mol. The molecular formula is C21H27NO3S2. The number of thiophene rings is 2. The molecule has 1 atom stereocenters. The van der Waals surface area contributed by atoms with Crippen LogP contribution in [-0.4, -0.2) is 18.5 Å². The predicted octanol–water partition coefficient (Wildman–Crippen LogP) is 5.32. The molecule has 0 fully saturated rings. The van der Waals surface area contributed by atoms with Gasteiger partial charge in [0.25, 0.3) is 0 Å². The van der Waals surface area contributed by atoms with E-state index < -0.39 is 0 Å². The molecule has 1 amide bonds. The van der Waals surface area contributed by atoms with Crippen molar-refractivity contribution in [2.24, 2.45) is 11.3 Å². The summed E-state index contributed by atoms with van der Waals surface area (Å²) in [5.41, 5.74) is 1.88. The highest BCUT2D eigenvalue weighted by molar-refractivity contribution is 7.17. The third kappa shape index (κ3) is 4.61. The molecule has 1 aliphatic carbocycles. The second kappa shape index (κ2) is 8.15. The fourth-order valence-corrected chi connectivity index (χ4v) is 5.61. The molecule has 0 radical (unpaired) electrons. The number of ether oxygens (including phenoxy) is 1. The Kier molecular flexibility index (Phi) is 6.06. The molecule has 3 rings (SSSR count). The second-order valence-electron chi connectivity index (χ2n) is 8.04. The lowest BCUT2D eigenvalue weighted by Crippen LogP contribution is -2.26. The van der Waals surface area contributed by atoms with E-state index in [9.17, 15) is 9.59 Å². The second-order valence-corrected chi connectivity index (χ2v) is 10.2. The molecule has 0 spiro atoms. The van der Waals surface area contributed by atoms with E-state index in [2.05, 4.69) is 26.1 Å². The van der Waals surface area contributed by atoms with Crippen LogP contribution < -0.4 is 5.32 Å². The summed E-state index contributed by atoms with van der Waals surface area (Å²) in [6.45, 7) is 8.95. The minimum atomic E-state index is -0.323. The summed E-state index contributed by atoms with van der Waals surface area (Å²) in [5, 5.41) is 5.59. The van der Waals surface area contributed by atoms with Gasteiger partial charge in [-0.05, 0) is 54.5 Å². The van der Waals surface area contributed by atoms with E-state index in [1.54, 1.807) is 29.6 Å². The maximum Gasteiger partial charge on any atom is 0.341 e. The SMILES string of the molecule is CCOC(=O)c1c(NC(=O)Cc2cccs2)sc2c1CCC(C(C)(C)C)C2. The van der Waals surface area contributed by atoms with Gasteiger partial charge in [-0.15, -0.1) is 22.7 Å². The minimum Gasteiger partial charge on any atom is -0.462 e. The largest absolute Gasteiger partial charge is 0.462 e. The maximum atomic E-state index is 12.6. The zero-order chi connectivity index (χ0) is 19.6. The molecule has 4 nitrogen and oxygen atoms in total. The molecular weight excluding hydrogens is 378 g/mol. The van der Waals surface area contributed by atoms with Crippen LogP contribution in [0.4, 0.5) is 5.00 Å². The molecule has 0 aliphatic heterocycles. The van der Waals surface area contributed by atoms with Crippen LogP contribution in [0.3, 0.4) is 0 Å². The normalized spacial score (nSPS) is 16.7. The highest BCUT2D eigenvalue weighted by atomic mass is 32.1. The van der Waals surface area contributed by atoms with Gasteiger partial charge in [0.15, 0.2) is 0 Å². The van der Waals surface area contributed by atoms with Crippen molar-refractivity contribution in [1.82, 2.24) is 0 Å². The molecule has 1 N–H and O–H groups in total. The molecule has 0 bridgehead atoms. The number of nitrogens with one attached hydrogen (secondary N) is 1. The smallest absolute Gasteiger partial charge is 0.341 e. The van der Waals surface area contributed by atoms with Gasteiger partial charge in [-0.25, -0.2) is 4.79 Å². The van der Waals surface area contributed by atoms with Crippen molar-refractivity contribution in [3.8, 4) is 0 Å². The Labute approximate surface area is 168 Å². The van der Waals surface area contributed by atoms with E-state index in [1.807, 2.05) is 17.5 Å². The molecule has 1 aliphatic rings. The summed E-state index contributed by atoms with van der Waals surface area (Å²) in [7, 11) is 0. The van der Waals surface area contributed by atoms with Crippen LogP contribution in [0.15, 0.2) is 17.5 Å². The highest BCUT2D eigenvalue weighted by Gasteiger charge is 2.34. The minimum absolute atomic E-state index is 0.0889. The summed E-state index contributed by atoms with van der Waals surface area (Å²) in [4.78, 5) is 27.3. The Morgan fingerprint density at radius 1 is 1.33 bits per heavy atom. The average molecular weight is 406 g/mol. The van der Waals surface area contributed by atoms with E-state index in [1.165, 1.54) is 4.88 Å². The standard InChI is InChI=1S/C21H27NO3S2/c1-5-25-20(24)18-15-9-8-13(21(2,3)4)11-16(15)27-19(18)22-17(23)12-14-7-6-10-26-14/h6-7,10,13H,5,8-9,11-12H2,1-4H3,(H,22,23). The van der Waals surface area contributed by atoms with Gasteiger partial charge in [-0.1, -0.05) is 26.8 Å². The summed E-state index contributed by atoms with van der Waals surface area (Å²) < 4.78 is 5.29. The number of anilines is 1. The zero-order valence-electron chi connectivity index (χ0n) is 16.4. The summed E-state index contributed by atoms with van der Waals surface area (Å²) >= 11 is 3.11. The van der Waals surface area contributed by atoms with Crippen molar-refractivity contribution in [3.05, 3.63) is 38.4 Å². The fourth-order valence-electron chi connectivity index (χ4n) is 3.57. The third-order valence-electron chi connectivity index (χ3n) is 5.14. The number of fused-ring (bicyclic) bond motifs is 1. The topological polar surface area (TPSA) is 55.4 Å². The van der Waals surface area contributed by atoms with Crippen LogP contribution in [0.25, 0.3) is 0 Å². The Hall–Kier alpha value is -1.66. The van der Waals surface area contributed by atoms with Crippen molar-refractivity contribution in [3.63, 3.8) is 0 Å². The quantitative estimate of drug-likeness (QED) is 0.685. The van der Waals surface area contributed by atoms with E-state index >= 15 is 0 Å². The number of amides is 1. The molecule has 0 saturated heterocycles. The third-order valence-corrected chi connectivity index (χ3v) is 7.18. The van der Waals surface area contributed by atoms with Crippen LogP contribution in [-0.2, 0) is 28.8 Å². The number of esters is 1. The number of rotatable bonds is 5. The van der Waals surface area contributed by atoms with Crippen LogP contribution >= 0.6 is 22.7 Å². The summed E-state index contributed by atoms with van der Waals surface area (Å²) in [6.07, 6.45) is 3.20. The van der Waals surface area contributed by atoms with Gasteiger partial charge in [0, 0.05) is 9.75 Å². The molecule has 146 valence electrons. The lowest BCUT2D eigenvalue weighted by atomic mass is 9.72. The van der Waals surface area contributed by atoms with Gasteiger partial charge < -0.3 is 10.1 Å². The van der Waals surface area contributed by atoms with Gasteiger partial charge >= 0.3 is 5.97 Å². The summed E-state index contributed by atoms with van der Waals surface area (Å²) in [6, 6.07) is 3.89. The predicted molar refractivity (Wildman–Crippen MR) is 112 cm³/mol. The maximum absolute atomic E-state index is 12.6. The number of hydrogen-bond donors (Lipinski definition) is 1. The van der Waals surface area contributed by atoms with E-state index in [-0.39, 0.29) is 17.3 Å². The van der Waals surface area contributed by atoms with Crippen molar-refractivity contribution < 1.29 is 14.3 Å². The first-order valence-electron chi connectivity index (χ1n) is 9.43. The Morgan fingerprint density at radius 3 is 2.74 bits per heavy atom. The molecule has 2 aromatic rings. The molecule has 6 heteroatoms. The zero-order valence-corrected chi connectivity index (χ0v) is 18.0. The van der Waals surface area contributed by atoms with E-state index in [0.29, 0.717) is 29.5 Å². The van der Waals surface area contributed by atoms with Gasteiger partial charge in [-0.3, -0.25) is 4.79 Å². The average Bonchev–Trinajstić information content (AvgIpc) is 3.20. The Balaban J connectivity index is 1.87. The Bertz CT molecular complexity index is 815. The van der Waals surface area contributed by atoms with E-state index in [0.717, 1.165) is 29.7 Å². The van der Waals surface area contributed by atoms with Crippen molar-refractivity contribution >= 4 is 39.6 Å². The molecule has 2 aromatic heterocycles. The lowest BCUT2D eigenvalue weighted by Gasteiger charge is -2.33. The fraction of sp³-hybridized carbons (Fsp3) is 0.524. The van der Waals surface area contributed by atoms with E-state index in [4.69, 9.17) is 4.74 Å². The van der Waals surface area contributed by atoms with Crippen LogP contribution in [0, 0.1) is 11.3 Å². The first kappa shape index (κ1) is 20.1. The van der Waals surface area contributed by atoms with Crippen LogP contribution in [0.5, 0.6) is 0 Å². The van der Waals surface area contributed by atoms with Gasteiger partial charge in [0.2, 0.25) is 5.91 Å². The molecule has 1 unspecified atom stereocenters. The molecule has 0 aromatic carbocycles. The van der Waals surface area contributed by atoms with Crippen molar-refractivity contribution in [2.45, 2.75) is 53.4 Å². The first-order chi connectivity index (χ1) is 12.8. The lowest BCUT2D eigenvalue weighted by molar-refractivity contribution is -0.115. The highest BCUT2D eigenvalue weighted by Crippen LogP contribution is 2.44. The van der Waals surface area contributed by atoms with Crippen molar-refractivity contribution in [2.75, 3.05) is 11.9 Å². The first-order valence-corrected chi connectivity index (χ1v) is 11.1. The van der Waals surface area contributed by atoms with Crippen molar-refractivity contribution in [1.29, 1.82) is 0 Å². The van der Waals surface area contributed by atoms with Gasteiger partial charge in [-0.2, -0.15) is 0 Å². The number of carbonyl (C=O) groups is 2. The summed E-state index contributed by atoms with van der Waals surface area (Å²) in [5.74, 6) is 0.165. The van der Waals surface area contributed by atoms with Gasteiger partial charge in [0.05, 0.1) is 18.6 Å². The molecule has 2 heterocycles. The molecule has 27 heavy (non-hydrogen) atoms. The number of hydrogen-bond acceptors (Lipinski definition) is 5. The Morgan fingerprint density at radius 2 is 2.11 bits per heavy atom.